The molecule has 0 radical (unpaired) electrons. The van der Waals surface area contributed by atoms with Crippen LogP contribution in [0.1, 0.15) is 49.0 Å². The first-order valence-corrected chi connectivity index (χ1v) is 9.65. The lowest BCUT2D eigenvalue weighted by molar-refractivity contribution is -0.128. The summed E-state index contributed by atoms with van der Waals surface area (Å²) >= 11 is 0. The third kappa shape index (κ3) is 6.38. The minimum Gasteiger partial charge on any atom is -0.490 e. The Bertz CT molecular complexity index is 833. The van der Waals surface area contributed by atoms with Gasteiger partial charge in [-0.3, -0.25) is 20.4 Å². The molecule has 2 unspecified atom stereocenters. The zero-order chi connectivity index (χ0) is 21.2. The van der Waals surface area contributed by atoms with Crippen molar-refractivity contribution in [2.75, 3.05) is 6.61 Å². The van der Waals surface area contributed by atoms with E-state index in [4.69, 9.17) is 9.47 Å². The van der Waals surface area contributed by atoms with Crippen molar-refractivity contribution in [3.8, 4) is 11.5 Å². The molecule has 6 nitrogen and oxygen atoms in total. The largest absolute Gasteiger partial charge is 0.490 e. The van der Waals surface area contributed by atoms with Gasteiger partial charge in [-0.1, -0.05) is 44.7 Å². The molecule has 0 bridgehead atoms. The fraction of sp³-hybridized carbons (Fsp3) is 0.304. The van der Waals surface area contributed by atoms with Crippen molar-refractivity contribution in [3.05, 3.63) is 72.3 Å². The van der Waals surface area contributed by atoms with Crippen molar-refractivity contribution < 1.29 is 19.1 Å². The van der Waals surface area contributed by atoms with Crippen LogP contribution in [0.3, 0.4) is 0 Å². The van der Waals surface area contributed by atoms with Gasteiger partial charge in [-0.2, -0.15) is 0 Å². The van der Waals surface area contributed by atoms with Crippen LogP contribution in [-0.2, 0) is 4.79 Å². The fourth-order valence-corrected chi connectivity index (χ4v) is 2.61. The molecule has 0 saturated heterocycles. The number of hydrogen-bond acceptors (Lipinski definition) is 4. The smallest absolute Gasteiger partial charge is 0.279 e. The average Bonchev–Trinajstić information content (AvgIpc) is 2.75. The highest BCUT2D eigenvalue weighted by atomic mass is 16.5. The van der Waals surface area contributed by atoms with Crippen LogP contribution in [0.2, 0.25) is 0 Å². The van der Waals surface area contributed by atoms with E-state index < -0.39 is 17.9 Å². The molecule has 0 aliphatic heterocycles. The lowest BCUT2D eigenvalue weighted by Gasteiger charge is -2.19. The summed E-state index contributed by atoms with van der Waals surface area (Å²) < 4.78 is 11.2. The predicted octanol–water partition coefficient (Wildman–Crippen LogP) is 3.99. The van der Waals surface area contributed by atoms with E-state index in [0.29, 0.717) is 29.6 Å². The summed E-state index contributed by atoms with van der Waals surface area (Å²) in [4.78, 5) is 24.5. The normalized spacial score (nSPS) is 12.4. The zero-order valence-corrected chi connectivity index (χ0v) is 17.1. The molecular formula is C23H28N2O4. The molecule has 154 valence electrons. The third-order valence-electron chi connectivity index (χ3n) is 4.52. The van der Waals surface area contributed by atoms with E-state index >= 15 is 0 Å². The molecule has 0 fully saturated rings. The highest BCUT2D eigenvalue weighted by Gasteiger charge is 2.18. The van der Waals surface area contributed by atoms with Gasteiger partial charge in [-0.15, -0.1) is 0 Å². The summed E-state index contributed by atoms with van der Waals surface area (Å²) in [6, 6.07) is 14.3. The molecule has 2 aromatic rings. The summed E-state index contributed by atoms with van der Waals surface area (Å²) in [5.74, 6) is 0.752. The Hall–Kier alpha value is -3.28. The Morgan fingerprint density at radius 2 is 1.76 bits per heavy atom. The van der Waals surface area contributed by atoms with Gasteiger partial charge in [0.05, 0.1) is 0 Å². The highest BCUT2D eigenvalue weighted by Crippen LogP contribution is 2.29. The monoisotopic (exact) mass is 396 g/mol. The summed E-state index contributed by atoms with van der Waals surface area (Å²) in [5, 5.41) is 0. The number of ether oxygens (including phenoxy) is 2. The van der Waals surface area contributed by atoms with Crippen LogP contribution in [0.25, 0.3) is 0 Å². The van der Waals surface area contributed by atoms with Crippen molar-refractivity contribution in [2.45, 2.75) is 39.2 Å². The van der Waals surface area contributed by atoms with Crippen molar-refractivity contribution >= 4 is 11.8 Å². The van der Waals surface area contributed by atoms with E-state index in [-0.39, 0.29) is 0 Å². The molecule has 2 rings (SSSR count). The maximum Gasteiger partial charge on any atom is 0.279 e. The molecule has 0 aromatic heterocycles. The van der Waals surface area contributed by atoms with Gasteiger partial charge >= 0.3 is 0 Å². The number of nitrogens with one attached hydrogen (secondary N) is 2. The summed E-state index contributed by atoms with van der Waals surface area (Å²) in [7, 11) is 0. The molecular weight excluding hydrogens is 368 g/mol. The van der Waals surface area contributed by atoms with Crippen LogP contribution in [0.15, 0.2) is 61.2 Å². The first kappa shape index (κ1) is 22.0. The Morgan fingerprint density at radius 3 is 2.41 bits per heavy atom. The number of benzene rings is 2. The van der Waals surface area contributed by atoms with Crippen molar-refractivity contribution in [1.82, 2.24) is 10.9 Å². The van der Waals surface area contributed by atoms with Gasteiger partial charge < -0.3 is 9.47 Å². The zero-order valence-electron chi connectivity index (χ0n) is 17.1. The lowest BCUT2D eigenvalue weighted by Crippen LogP contribution is -2.47. The number of para-hydroxylation sites is 1. The van der Waals surface area contributed by atoms with Crippen LogP contribution in [-0.4, -0.2) is 24.5 Å². The van der Waals surface area contributed by atoms with Crippen LogP contribution in [0, 0.1) is 0 Å². The van der Waals surface area contributed by atoms with Gasteiger partial charge in [0.15, 0.2) is 6.10 Å². The maximum atomic E-state index is 12.3. The Kier molecular flexibility index (Phi) is 8.27. The number of hydrazine groups is 1. The quantitative estimate of drug-likeness (QED) is 0.496. The topological polar surface area (TPSA) is 76.7 Å². The molecule has 2 aromatic carbocycles. The minimum atomic E-state index is -0.768. The van der Waals surface area contributed by atoms with E-state index in [1.165, 1.54) is 0 Å². The van der Waals surface area contributed by atoms with Gasteiger partial charge in [-0.25, -0.2) is 0 Å². The van der Waals surface area contributed by atoms with Gasteiger partial charge in [0.1, 0.15) is 18.1 Å². The van der Waals surface area contributed by atoms with Gasteiger partial charge in [0, 0.05) is 5.56 Å². The number of rotatable bonds is 9. The Morgan fingerprint density at radius 1 is 1.07 bits per heavy atom. The molecule has 6 heteroatoms. The molecule has 0 spiro atoms. The first-order valence-electron chi connectivity index (χ1n) is 9.65. The first-order chi connectivity index (χ1) is 14.0. The number of carbonyl (C=O) groups is 2. The van der Waals surface area contributed by atoms with E-state index in [0.717, 1.165) is 12.0 Å². The van der Waals surface area contributed by atoms with Crippen LogP contribution >= 0.6 is 0 Å². The molecule has 0 heterocycles. The summed E-state index contributed by atoms with van der Waals surface area (Å²) in [6.07, 6.45) is 1.84. The van der Waals surface area contributed by atoms with Crippen molar-refractivity contribution in [1.29, 1.82) is 0 Å². The fourth-order valence-electron chi connectivity index (χ4n) is 2.61. The molecule has 2 atom stereocenters. The second kappa shape index (κ2) is 10.9. The predicted molar refractivity (Wildman–Crippen MR) is 113 cm³/mol. The number of carbonyl (C=O) groups excluding carboxylic acids is 2. The highest BCUT2D eigenvalue weighted by molar-refractivity contribution is 5.95. The van der Waals surface area contributed by atoms with E-state index in [1.807, 2.05) is 24.3 Å². The van der Waals surface area contributed by atoms with Crippen LogP contribution < -0.4 is 20.3 Å². The lowest BCUT2D eigenvalue weighted by atomic mass is 9.98. The second-order valence-electron chi connectivity index (χ2n) is 6.67. The van der Waals surface area contributed by atoms with Crippen molar-refractivity contribution in [2.24, 2.45) is 0 Å². The van der Waals surface area contributed by atoms with Gasteiger partial charge in [0.2, 0.25) is 0 Å². The van der Waals surface area contributed by atoms with Crippen molar-refractivity contribution in [3.63, 3.8) is 0 Å². The maximum absolute atomic E-state index is 12.3. The summed E-state index contributed by atoms with van der Waals surface area (Å²) in [5.41, 5.74) is 6.25. The third-order valence-corrected chi connectivity index (χ3v) is 4.52. The van der Waals surface area contributed by atoms with Crippen LogP contribution in [0.4, 0.5) is 0 Å². The standard InChI is InChI=1S/C23H28N2O4/c1-5-15-28-19-13-11-18(12-14-19)23(27)25-24-22(26)17(4)29-21-10-8-7-9-20(21)16(3)6-2/h5,7-14,16-17H,1,6,15H2,2-4H3,(H,24,26)(H,25,27). The van der Waals surface area contributed by atoms with E-state index in [2.05, 4.69) is 31.3 Å². The molecule has 2 N–H and O–H groups in total. The van der Waals surface area contributed by atoms with Gasteiger partial charge in [0.25, 0.3) is 11.8 Å². The second-order valence-corrected chi connectivity index (χ2v) is 6.67. The average molecular weight is 396 g/mol. The van der Waals surface area contributed by atoms with Gasteiger partial charge in [-0.05, 0) is 55.2 Å². The molecule has 2 amide bonds. The van der Waals surface area contributed by atoms with E-state index in [1.54, 1.807) is 37.3 Å². The summed E-state index contributed by atoms with van der Waals surface area (Å²) in [6.45, 7) is 9.82. The van der Waals surface area contributed by atoms with E-state index in [9.17, 15) is 9.59 Å². The number of amides is 2. The Labute approximate surface area is 171 Å². The molecule has 0 aliphatic rings. The Balaban J connectivity index is 1.90. The molecule has 29 heavy (non-hydrogen) atoms. The molecule has 0 aliphatic carbocycles. The minimum absolute atomic E-state index is 0.319. The SMILES string of the molecule is C=CCOc1ccc(C(=O)NNC(=O)C(C)Oc2ccccc2C(C)CC)cc1. The molecule has 0 saturated carbocycles. The number of hydrogen-bond donors (Lipinski definition) is 2. The van der Waals surface area contributed by atoms with Crippen LogP contribution in [0.5, 0.6) is 11.5 Å².